The second-order valence-electron chi connectivity index (χ2n) is 7.80. The van der Waals surface area contributed by atoms with Crippen molar-refractivity contribution < 1.29 is 28.7 Å². The third-order valence-electron chi connectivity index (χ3n) is 4.28. The summed E-state index contributed by atoms with van der Waals surface area (Å²) < 4.78 is 10.3. The lowest BCUT2D eigenvalue weighted by Crippen LogP contribution is -2.48. The number of rotatable bonds is 10. The summed E-state index contributed by atoms with van der Waals surface area (Å²) in [5.74, 6) is -2.77. The lowest BCUT2D eigenvalue weighted by atomic mass is 9.73. The summed E-state index contributed by atoms with van der Waals surface area (Å²) in [5.41, 5.74) is -3.03. The number of nitrogens with zero attached hydrogens (tertiary/aromatic N) is 1. The van der Waals surface area contributed by atoms with Gasteiger partial charge in [0.1, 0.15) is 10.8 Å². The molecule has 1 atom stereocenters. The van der Waals surface area contributed by atoms with Crippen molar-refractivity contribution in [2.24, 2.45) is 5.41 Å². The molecule has 0 spiro atoms. The van der Waals surface area contributed by atoms with E-state index in [1.807, 2.05) is 0 Å². The number of unbranched alkanes of at least 4 members (excludes halogenated alkanes) is 1. The van der Waals surface area contributed by atoms with Crippen LogP contribution in [-0.4, -0.2) is 40.7 Å². The largest absolute Gasteiger partial charge is 0.466 e. The summed E-state index contributed by atoms with van der Waals surface area (Å²) >= 11 is 11.8. The topological polar surface area (TPSA) is 99.6 Å². The maximum Gasteiger partial charge on any atom is 0.328 e. The summed E-state index contributed by atoms with van der Waals surface area (Å²) in [7, 11) is 0. The molecule has 0 bridgehead atoms. The molecule has 1 unspecified atom stereocenters. The van der Waals surface area contributed by atoms with Crippen molar-refractivity contribution in [3.8, 4) is 0 Å². The SMILES string of the molecule is CCOC(=O)CCCCC(C(C)=O)(C(=O)OC(C)(C)C)C(=O)c1cnc(Cl)c(Cl)c1. The molecule has 0 amide bonds. The molecule has 0 fully saturated rings. The van der Waals surface area contributed by atoms with E-state index in [1.165, 1.54) is 6.07 Å². The van der Waals surface area contributed by atoms with Crippen molar-refractivity contribution in [2.45, 2.75) is 65.9 Å². The molecule has 30 heavy (non-hydrogen) atoms. The van der Waals surface area contributed by atoms with Crippen molar-refractivity contribution in [3.63, 3.8) is 0 Å². The second-order valence-corrected chi connectivity index (χ2v) is 8.57. The van der Waals surface area contributed by atoms with Gasteiger partial charge in [-0.1, -0.05) is 29.6 Å². The molecule has 0 aromatic carbocycles. The van der Waals surface area contributed by atoms with Crippen LogP contribution in [0.4, 0.5) is 0 Å². The number of aromatic nitrogens is 1. The van der Waals surface area contributed by atoms with Gasteiger partial charge in [-0.25, -0.2) is 4.98 Å². The Morgan fingerprint density at radius 2 is 1.73 bits per heavy atom. The van der Waals surface area contributed by atoms with Crippen molar-refractivity contribution >= 4 is 46.7 Å². The number of ether oxygens (including phenoxy) is 2. The van der Waals surface area contributed by atoms with Crippen LogP contribution in [0, 0.1) is 5.41 Å². The molecule has 0 radical (unpaired) electrons. The van der Waals surface area contributed by atoms with Crippen LogP contribution in [0.3, 0.4) is 0 Å². The standard InChI is InChI=1S/C21H27Cl2NO6/c1-6-29-16(26)9-7-8-10-21(13(2)25,19(28)30-20(3,4)5)17(27)14-11-15(22)18(23)24-12-14/h11-12H,6-10H2,1-5H3. The number of pyridine rings is 1. The molecule has 9 heteroatoms. The fourth-order valence-electron chi connectivity index (χ4n) is 2.84. The Hall–Kier alpha value is -1.99. The van der Waals surface area contributed by atoms with Crippen LogP contribution < -0.4 is 0 Å². The molecule has 1 aromatic rings. The van der Waals surface area contributed by atoms with Crippen LogP contribution in [0.2, 0.25) is 10.2 Å². The summed E-state index contributed by atoms with van der Waals surface area (Å²) in [4.78, 5) is 54.6. The lowest BCUT2D eigenvalue weighted by molar-refractivity contribution is -0.167. The fraction of sp³-hybridized carbons (Fsp3) is 0.571. The van der Waals surface area contributed by atoms with Gasteiger partial charge in [0, 0.05) is 18.2 Å². The molecule has 7 nitrogen and oxygen atoms in total. The van der Waals surface area contributed by atoms with Gasteiger partial charge in [-0.3, -0.25) is 19.2 Å². The van der Waals surface area contributed by atoms with Crippen LogP contribution in [0.25, 0.3) is 0 Å². The zero-order valence-electron chi connectivity index (χ0n) is 17.8. The molecule has 166 valence electrons. The number of halogens is 2. The van der Waals surface area contributed by atoms with Gasteiger partial charge in [0.25, 0.3) is 0 Å². The van der Waals surface area contributed by atoms with E-state index in [-0.39, 0.29) is 47.6 Å². The Balaban J connectivity index is 3.28. The van der Waals surface area contributed by atoms with Gasteiger partial charge < -0.3 is 9.47 Å². The molecule has 1 rings (SSSR count). The predicted molar refractivity (Wildman–Crippen MR) is 113 cm³/mol. The Kier molecular flexibility index (Phi) is 9.43. The van der Waals surface area contributed by atoms with Gasteiger partial charge in [-0.2, -0.15) is 0 Å². The first kappa shape index (κ1) is 26.0. The highest BCUT2D eigenvalue weighted by Gasteiger charge is 2.52. The van der Waals surface area contributed by atoms with Crippen molar-refractivity contribution in [1.29, 1.82) is 0 Å². The van der Waals surface area contributed by atoms with Crippen LogP contribution in [0.1, 0.15) is 70.7 Å². The number of ketones is 2. The molecule has 0 aliphatic heterocycles. The van der Waals surface area contributed by atoms with Crippen LogP contribution in [-0.2, 0) is 23.9 Å². The molecule has 0 N–H and O–H groups in total. The van der Waals surface area contributed by atoms with Crippen LogP contribution in [0.5, 0.6) is 0 Å². The van der Waals surface area contributed by atoms with Gasteiger partial charge in [0.15, 0.2) is 17.0 Å². The first-order valence-electron chi connectivity index (χ1n) is 9.61. The Bertz CT molecular complexity index is 818. The minimum atomic E-state index is -2.08. The normalized spacial score (nSPS) is 13.3. The van der Waals surface area contributed by atoms with Gasteiger partial charge >= 0.3 is 11.9 Å². The Labute approximate surface area is 186 Å². The number of carbonyl (C=O) groups is 4. The molecule has 0 aliphatic carbocycles. The van der Waals surface area contributed by atoms with E-state index in [2.05, 4.69) is 4.98 Å². The number of hydrogen-bond acceptors (Lipinski definition) is 7. The van der Waals surface area contributed by atoms with E-state index in [1.54, 1.807) is 27.7 Å². The van der Waals surface area contributed by atoms with Crippen molar-refractivity contribution in [1.82, 2.24) is 4.98 Å². The van der Waals surface area contributed by atoms with Crippen molar-refractivity contribution in [2.75, 3.05) is 6.61 Å². The molecule has 1 heterocycles. The maximum atomic E-state index is 13.4. The lowest BCUT2D eigenvalue weighted by Gasteiger charge is -2.31. The van der Waals surface area contributed by atoms with E-state index in [4.69, 9.17) is 32.7 Å². The van der Waals surface area contributed by atoms with E-state index >= 15 is 0 Å². The van der Waals surface area contributed by atoms with Crippen molar-refractivity contribution in [3.05, 3.63) is 28.0 Å². The van der Waals surface area contributed by atoms with Gasteiger partial charge in [0.2, 0.25) is 0 Å². The van der Waals surface area contributed by atoms with Gasteiger partial charge in [-0.15, -0.1) is 0 Å². The van der Waals surface area contributed by atoms with Crippen LogP contribution in [0.15, 0.2) is 12.3 Å². The van der Waals surface area contributed by atoms with E-state index in [0.717, 1.165) is 13.1 Å². The third kappa shape index (κ3) is 6.77. The average Bonchev–Trinajstić information content (AvgIpc) is 2.62. The first-order valence-corrected chi connectivity index (χ1v) is 10.4. The van der Waals surface area contributed by atoms with Gasteiger partial charge in [-0.05, 0) is 53.5 Å². The average molecular weight is 460 g/mol. The summed E-state index contributed by atoms with van der Waals surface area (Å²) in [6, 6.07) is 1.26. The smallest absolute Gasteiger partial charge is 0.328 e. The molecule has 1 aromatic heterocycles. The predicted octanol–water partition coefficient (Wildman–Crippen LogP) is 4.61. The minimum Gasteiger partial charge on any atom is -0.466 e. The quantitative estimate of drug-likeness (QED) is 0.165. The molecular formula is C21H27Cl2NO6. The number of esters is 2. The summed E-state index contributed by atoms with van der Waals surface area (Å²) in [5, 5.41) is 0.0137. The number of hydrogen-bond donors (Lipinski definition) is 0. The molecule has 0 saturated carbocycles. The molecule has 0 saturated heterocycles. The van der Waals surface area contributed by atoms with E-state index in [0.29, 0.717) is 6.42 Å². The minimum absolute atomic E-state index is 0.00616. The second kappa shape index (κ2) is 10.9. The zero-order valence-corrected chi connectivity index (χ0v) is 19.4. The highest BCUT2D eigenvalue weighted by Crippen LogP contribution is 2.35. The maximum absolute atomic E-state index is 13.4. The van der Waals surface area contributed by atoms with Gasteiger partial charge in [0.05, 0.1) is 11.6 Å². The number of carbonyl (C=O) groups excluding carboxylic acids is 4. The highest BCUT2D eigenvalue weighted by atomic mass is 35.5. The monoisotopic (exact) mass is 459 g/mol. The summed E-state index contributed by atoms with van der Waals surface area (Å²) in [6.45, 7) is 8.05. The summed E-state index contributed by atoms with van der Waals surface area (Å²) in [6.07, 6.45) is 1.73. The third-order valence-corrected chi connectivity index (χ3v) is 4.97. The Morgan fingerprint density at radius 1 is 1.10 bits per heavy atom. The first-order chi connectivity index (χ1) is 13.8. The van der Waals surface area contributed by atoms with E-state index in [9.17, 15) is 19.2 Å². The molecule has 0 aliphatic rings. The van der Waals surface area contributed by atoms with E-state index < -0.39 is 28.6 Å². The zero-order chi connectivity index (χ0) is 23.1. The van der Waals surface area contributed by atoms with Crippen LogP contribution >= 0.6 is 23.2 Å². The Morgan fingerprint density at radius 3 is 2.23 bits per heavy atom. The molecular weight excluding hydrogens is 433 g/mol. The number of Topliss-reactive ketones (excluding diaryl/α,β-unsaturated/α-hetero) is 2. The highest BCUT2D eigenvalue weighted by molar-refractivity contribution is 6.41. The fourth-order valence-corrected chi connectivity index (χ4v) is 3.11.